The van der Waals surface area contributed by atoms with Crippen LogP contribution in [0.5, 0.6) is 0 Å². The molecule has 0 aliphatic rings. The molecule has 0 saturated heterocycles. The van der Waals surface area contributed by atoms with E-state index in [-0.39, 0.29) is 0 Å². The molecule has 4 nitrogen and oxygen atoms in total. The van der Waals surface area contributed by atoms with E-state index in [4.69, 9.17) is 4.98 Å². The molecule has 0 N–H and O–H groups in total. The number of hydrogen-bond acceptors (Lipinski definition) is 3. The molecule has 1 aromatic carbocycles. The lowest BCUT2D eigenvalue weighted by molar-refractivity contribution is 0.958. The van der Waals surface area contributed by atoms with Gasteiger partial charge in [-0.05, 0) is 40.2 Å². The minimum atomic E-state index is 0.920. The molecule has 0 atom stereocenters. The van der Waals surface area contributed by atoms with Crippen molar-refractivity contribution < 1.29 is 0 Å². The third-order valence-electron chi connectivity index (χ3n) is 3.64. The first-order chi connectivity index (χ1) is 10.3. The van der Waals surface area contributed by atoms with Crippen LogP contribution in [0.1, 0.15) is 0 Å². The second kappa shape index (κ2) is 4.63. The van der Waals surface area contributed by atoms with Gasteiger partial charge in [-0.1, -0.05) is 6.07 Å². The molecule has 0 bridgehead atoms. The molecule has 21 heavy (non-hydrogen) atoms. The van der Waals surface area contributed by atoms with Crippen LogP contribution in [-0.4, -0.2) is 19.5 Å². The summed E-state index contributed by atoms with van der Waals surface area (Å²) < 4.78 is 3.06. The van der Waals surface area contributed by atoms with Crippen LogP contribution in [0.4, 0.5) is 0 Å². The second-order valence-electron chi connectivity index (χ2n) is 4.85. The molecule has 0 aliphatic heterocycles. The molecular weight excluding hydrogens is 328 g/mol. The summed E-state index contributed by atoms with van der Waals surface area (Å²) in [4.78, 5) is 13.4. The summed E-state index contributed by atoms with van der Waals surface area (Å²) in [6.07, 6.45) is 5.40. The molecule has 0 aliphatic carbocycles. The molecule has 5 heteroatoms. The van der Waals surface area contributed by atoms with Gasteiger partial charge in [0.25, 0.3) is 0 Å². The highest BCUT2D eigenvalue weighted by molar-refractivity contribution is 9.10. The first-order valence-electron chi connectivity index (χ1n) is 6.56. The summed E-state index contributed by atoms with van der Waals surface area (Å²) in [6.45, 7) is 0. The monoisotopic (exact) mass is 338 g/mol. The fraction of sp³-hybridized carbons (Fsp3) is 0.0625. The molecule has 3 heterocycles. The van der Waals surface area contributed by atoms with Gasteiger partial charge >= 0.3 is 0 Å². The number of pyridine rings is 2. The molecule has 0 saturated carbocycles. The van der Waals surface area contributed by atoms with Gasteiger partial charge in [0.2, 0.25) is 0 Å². The van der Waals surface area contributed by atoms with E-state index in [1.807, 2.05) is 31.4 Å². The van der Waals surface area contributed by atoms with E-state index in [9.17, 15) is 0 Å². The molecule has 4 rings (SSSR count). The van der Waals surface area contributed by atoms with Crippen LogP contribution in [-0.2, 0) is 7.05 Å². The standard InChI is InChI=1S/C16H11BrN4/c1-21-14-9-18-8-6-13(14)20-16(21)11-4-5-12(17)15-10(11)3-2-7-19-15/h2-9H,1H3. The molecule has 0 fully saturated rings. The lowest BCUT2D eigenvalue weighted by Crippen LogP contribution is -1.94. The van der Waals surface area contributed by atoms with Crippen LogP contribution in [0.15, 0.2) is 53.4 Å². The zero-order valence-corrected chi connectivity index (χ0v) is 12.9. The summed E-state index contributed by atoms with van der Waals surface area (Å²) in [5.41, 5.74) is 3.98. The van der Waals surface area contributed by atoms with Crippen molar-refractivity contribution in [3.8, 4) is 11.4 Å². The number of benzene rings is 1. The van der Waals surface area contributed by atoms with E-state index < -0.39 is 0 Å². The van der Waals surface area contributed by atoms with Gasteiger partial charge in [0.1, 0.15) is 5.82 Å². The number of aromatic nitrogens is 4. The Morgan fingerprint density at radius 2 is 2.00 bits per heavy atom. The SMILES string of the molecule is Cn1c(-c2ccc(Br)c3ncccc23)nc2ccncc21. The summed E-state index contributed by atoms with van der Waals surface area (Å²) in [5.74, 6) is 0.920. The Balaban J connectivity index is 2.10. The van der Waals surface area contributed by atoms with Gasteiger partial charge in [-0.2, -0.15) is 0 Å². The van der Waals surface area contributed by atoms with E-state index >= 15 is 0 Å². The zero-order chi connectivity index (χ0) is 14.4. The van der Waals surface area contributed by atoms with E-state index in [2.05, 4.69) is 42.6 Å². The largest absolute Gasteiger partial charge is 0.326 e. The highest BCUT2D eigenvalue weighted by atomic mass is 79.9. The van der Waals surface area contributed by atoms with Gasteiger partial charge in [0.05, 0.1) is 22.7 Å². The molecule has 102 valence electrons. The van der Waals surface area contributed by atoms with Crippen molar-refractivity contribution in [2.75, 3.05) is 0 Å². The van der Waals surface area contributed by atoms with Gasteiger partial charge in [-0.3, -0.25) is 9.97 Å². The van der Waals surface area contributed by atoms with Gasteiger partial charge in [-0.15, -0.1) is 0 Å². The summed E-state index contributed by atoms with van der Waals surface area (Å²) in [5, 5.41) is 1.08. The maximum atomic E-state index is 4.74. The van der Waals surface area contributed by atoms with Gasteiger partial charge in [0.15, 0.2) is 0 Å². The minimum Gasteiger partial charge on any atom is -0.326 e. The minimum absolute atomic E-state index is 0.920. The third kappa shape index (κ3) is 1.85. The van der Waals surface area contributed by atoms with Crippen molar-refractivity contribution in [3.63, 3.8) is 0 Å². The van der Waals surface area contributed by atoms with E-state index in [0.717, 1.165) is 37.8 Å². The summed E-state index contributed by atoms with van der Waals surface area (Å²) in [6, 6.07) is 10.0. The number of nitrogens with zero attached hydrogens (tertiary/aromatic N) is 4. The zero-order valence-electron chi connectivity index (χ0n) is 11.3. The Hall–Kier alpha value is -2.27. The fourth-order valence-corrected chi connectivity index (χ4v) is 3.06. The average molecular weight is 339 g/mol. The highest BCUT2D eigenvalue weighted by Crippen LogP contribution is 2.32. The Labute approximate surface area is 129 Å². The van der Waals surface area contributed by atoms with Crippen LogP contribution in [0.3, 0.4) is 0 Å². The quantitative estimate of drug-likeness (QED) is 0.527. The molecule has 0 unspecified atom stereocenters. The second-order valence-corrected chi connectivity index (χ2v) is 5.71. The van der Waals surface area contributed by atoms with Gasteiger partial charge in [0, 0.05) is 34.9 Å². The van der Waals surface area contributed by atoms with E-state index in [1.165, 1.54) is 0 Å². The Bertz CT molecular complexity index is 975. The average Bonchev–Trinajstić information content (AvgIpc) is 2.86. The maximum Gasteiger partial charge on any atom is 0.141 e. The highest BCUT2D eigenvalue weighted by Gasteiger charge is 2.13. The van der Waals surface area contributed by atoms with Gasteiger partial charge in [-0.25, -0.2) is 4.98 Å². The van der Waals surface area contributed by atoms with Crippen LogP contribution in [0.25, 0.3) is 33.3 Å². The smallest absolute Gasteiger partial charge is 0.141 e. The lowest BCUT2D eigenvalue weighted by atomic mass is 10.1. The molecule has 4 aromatic rings. The van der Waals surface area contributed by atoms with Crippen molar-refractivity contribution in [2.24, 2.45) is 7.05 Å². The van der Waals surface area contributed by atoms with Crippen molar-refractivity contribution in [1.29, 1.82) is 0 Å². The van der Waals surface area contributed by atoms with Gasteiger partial charge < -0.3 is 4.57 Å². The predicted octanol–water partition coefficient (Wildman–Crippen LogP) is 3.95. The number of aryl methyl sites for hydroxylation is 1. The first kappa shape index (κ1) is 12.5. The summed E-state index contributed by atoms with van der Waals surface area (Å²) >= 11 is 3.56. The van der Waals surface area contributed by atoms with E-state index in [0.29, 0.717) is 0 Å². The molecule has 0 radical (unpaired) electrons. The number of halogens is 1. The number of imidazole rings is 1. The number of fused-ring (bicyclic) bond motifs is 2. The van der Waals surface area contributed by atoms with Crippen molar-refractivity contribution in [1.82, 2.24) is 19.5 Å². The first-order valence-corrected chi connectivity index (χ1v) is 7.35. The van der Waals surface area contributed by atoms with Crippen LogP contribution >= 0.6 is 15.9 Å². The van der Waals surface area contributed by atoms with Crippen molar-refractivity contribution >= 4 is 37.9 Å². The Morgan fingerprint density at radius 3 is 2.86 bits per heavy atom. The normalized spacial score (nSPS) is 11.3. The van der Waals surface area contributed by atoms with Crippen LogP contribution in [0, 0.1) is 0 Å². The maximum absolute atomic E-state index is 4.74. The fourth-order valence-electron chi connectivity index (χ4n) is 2.61. The predicted molar refractivity (Wildman–Crippen MR) is 86.9 cm³/mol. The molecule has 3 aromatic heterocycles. The molecule has 0 amide bonds. The molecule has 0 spiro atoms. The molecular formula is C16H11BrN4. The number of hydrogen-bond donors (Lipinski definition) is 0. The van der Waals surface area contributed by atoms with E-state index in [1.54, 1.807) is 12.4 Å². The lowest BCUT2D eigenvalue weighted by Gasteiger charge is -2.07. The number of rotatable bonds is 1. The van der Waals surface area contributed by atoms with Crippen molar-refractivity contribution in [2.45, 2.75) is 0 Å². The Morgan fingerprint density at radius 1 is 1.10 bits per heavy atom. The van der Waals surface area contributed by atoms with Crippen molar-refractivity contribution in [3.05, 3.63) is 53.4 Å². The third-order valence-corrected chi connectivity index (χ3v) is 4.28. The summed E-state index contributed by atoms with van der Waals surface area (Å²) in [7, 11) is 2.01. The topological polar surface area (TPSA) is 43.6 Å². The van der Waals surface area contributed by atoms with Crippen LogP contribution in [0.2, 0.25) is 0 Å². The Kier molecular flexibility index (Phi) is 2.75. The van der Waals surface area contributed by atoms with Crippen LogP contribution < -0.4 is 0 Å².